The summed E-state index contributed by atoms with van der Waals surface area (Å²) >= 11 is 0. The van der Waals surface area contributed by atoms with Crippen LogP contribution in [0.3, 0.4) is 0 Å². The molecule has 0 aliphatic rings. The van der Waals surface area contributed by atoms with Crippen LogP contribution in [0, 0.1) is 32.4 Å². The minimum Gasteiger partial charge on any atom is -0.340 e. The van der Waals surface area contributed by atoms with E-state index in [-0.39, 0.29) is 0 Å². The van der Waals surface area contributed by atoms with E-state index in [2.05, 4.69) is 26.7 Å². The molecule has 0 aliphatic heterocycles. The Kier molecular flexibility index (Phi) is 4.61. The lowest BCUT2D eigenvalue weighted by molar-refractivity contribution is 0.509. The van der Waals surface area contributed by atoms with Crippen LogP contribution in [0.25, 0.3) is 0 Å². The van der Waals surface area contributed by atoms with Gasteiger partial charge >= 0.3 is 0 Å². The Morgan fingerprint density at radius 2 is 1.44 bits per heavy atom. The molecule has 1 aromatic heterocycles. The number of benzene rings is 2. The summed E-state index contributed by atoms with van der Waals surface area (Å²) in [6, 6.07) is 11.5. The molecule has 6 heteroatoms. The lowest BCUT2D eigenvalue weighted by Gasteiger charge is -2.11. The first-order valence-corrected chi connectivity index (χ1v) is 7.82. The maximum absolute atomic E-state index is 13.3. The zero-order valence-electron chi connectivity index (χ0n) is 14.2. The fraction of sp³-hybridized carbons (Fsp3) is 0.158. The first-order chi connectivity index (χ1) is 11.9. The Morgan fingerprint density at radius 3 is 2.12 bits per heavy atom. The van der Waals surface area contributed by atoms with E-state index in [1.165, 1.54) is 6.07 Å². The van der Waals surface area contributed by atoms with Gasteiger partial charge in [-0.2, -0.15) is 4.98 Å². The zero-order chi connectivity index (χ0) is 18.0. The Hall–Kier alpha value is -3.02. The maximum atomic E-state index is 13.3. The Balaban J connectivity index is 1.85. The van der Waals surface area contributed by atoms with Gasteiger partial charge in [-0.05, 0) is 56.2 Å². The predicted molar refractivity (Wildman–Crippen MR) is 95.6 cm³/mol. The van der Waals surface area contributed by atoms with Crippen LogP contribution in [0.1, 0.15) is 16.8 Å². The molecule has 0 fully saturated rings. The average Bonchev–Trinajstić information content (AvgIpc) is 2.49. The van der Waals surface area contributed by atoms with Crippen molar-refractivity contribution < 1.29 is 8.78 Å². The Bertz CT molecular complexity index is 905. The Labute approximate surface area is 145 Å². The summed E-state index contributed by atoms with van der Waals surface area (Å²) in [5.74, 6) is -0.903. The van der Waals surface area contributed by atoms with Gasteiger partial charge in [0, 0.05) is 29.2 Å². The number of aryl methyl sites for hydroxylation is 3. The second kappa shape index (κ2) is 6.84. The summed E-state index contributed by atoms with van der Waals surface area (Å²) < 4.78 is 26.4. The number of hydrogen-bond donors (Lipinski definition) is 2. The van der Waals surface area contributed by atoms with E-state index in [4.69, 9.17) is 0 Å². The standard InChI is InChI=1S/C19H18F2N4/c1-11-6-12(2)8-15(7-11)23-18-9-13(3)22-19(25-18)24-14-4-5-16(20)17(21)10-14/h4-10H,1-3H3,(H2,22,23,24,25). The number of nitrogens with zero attached hydrogens (tertiary/aromatic N) is 2. The molecule has 3 rings (SSSR count). The van der Waals surface area contributed by atoms with E-state index in [9.17, 15) is 8.78 Å². The number of aromatic nitrogens is 2. The van der Waals surface area contributed by atoms with Crippen molar-refractivity contribution in [2.24, 2.45) is 0 Å². The molecule has 25 heavy (non-hydrogen) atoms. The van der Waals surface area contributed by atoms with Gasteiger partial charge in [-0.1, -0.05) is 6.07 Å². The van der Waals surface area contributed by atoms with Crippen molar-refractivity contribution in [1.29, 1.82) is 0 Å². The van der Waals surface area contributed by atoms with Crippen molar-refractivity contribution in [3.63, 3.8) is 0 Å². The van der Waals surface area contributed by atoms with Crippen LogP contribution in [0.5, 0.6) is 0 Å². The van der Waals surface area contributed by atoms with E-state index in [0.717, 1.165) is 34.6 Å². The van der Waals surface area contributed by atoms with Gasteiger partial charge < -0.3 is 10.6 Å². The summed E-state index contributed by atoms with van der Waals surface area (Å²) in [6.07, 6.45) is 0. The maximum Gasteiger partial charge on any atom is 0.229 e. The highest BCUT2D eigenvalue weighted by atomic mass is 19.2. The monoisotopic (exact) mass is 340 g/mol. The highest BCUT2D eigenvalue weighted by molar-refractivity contribution is 5.61. The molecule has 0 radical (unpaired) electrons. The summed E-state index contributed by atoms with van der Waals surface area (Å²) in [5.41, 5.74) is 4.34. The molecule has 4 nitrogen and oxygen atoms in total. The lowest BCUT2D eigenvalue weighted by atomic mass is 10.1. The second-order valence-electron chi connectivity index (χ2n) is 5.97. The van der Waals surface area contributed by atoms with Gasteiger partial charge in [0.25, 0.3) is 0 Å². The highest BCUT2D eigenvalue weighted by Crippen LogP contribution is 2.22. The minimum atomic E-state index is -0.925. The van der Waals surface area contributed by atoms with E-state index in [1.807, 2.05) is 39.0 Å². The topological polar surface area (TPSA) is 49.8 Å². The summed E-state index contributed by atoms with van der Waals surface area (Å²) in [7, 11) is 0. The van der Waals surface area contributed by atoms with Crippen molar-refractivity contribution in [2.75, 3.05) is 10.6 Å². The fourth-order valence-electron chi connectivity index (χ4n) is 2.59. The largest absolute Gasteiger partial charge is 0.340 e. The van der Waals surface area contributed by atoms with Crippen LogP contribution in [-0.2, 0) is 0 Å². The third-order valence-corrected chi connectivity index (χ3v) is 3.52. The number of nitrogens with one attached hydrogen (secondary N) is 2. The molecule has 1 heterocycles. The SMILES string of the molecule is Cc1cc(C)cc(Nc2cc(C)nc(Nc3ccc(F)c(F)c3)n2)c1. The second-order valence-corrected chi connectivity index (χ2v) is 5.97. The molecule has 3 aromatic rings. The molecule has 0 saturated carbocycles. The van der Waals surface area contributed by atoms with Crippen LogP contribution in [0.4, 0.5) is 31.9 Å². The number of anilines is 4. The van der Waals surface area contributed by atoms with E-state index >= 15 is 0 Å². The number of rotatable bonds is 4. The van der Waals surface area contributed by atoms with E-state index in [0.29, 0.717) is 17.5 Å². The van der Waals surface area contributed by atoms with E-state index < -0.39 is 11.6 Å². The molecular formula is C19H18F2N4. The molecule has 0 aliphatic carbocycles. The molecule has 0 amide bonds. The molecule has 2 aromatic carbocycles. The van der Waals surface area contributed by atoms with E-state index in [1.54, 1.807) is 0 Å². The van der Waals surface area contributed by atoms with Gasteiger partial charge in [0.05, 0.1) is 0 Å². The molecular weight excluding hydrogens is 322 g/mol. The molecule has 0 spiro atoms. The zero-order valence-corrected chi connectivity index (χ0v) is 14.2. The van der Waals surface area contributed by atoms with Crippen LogP contribution in [-0.4, -0.2) is 9.97 Å². The normalized spacial score (nSPS) is 10.6. The summed E-state index contributed by atoms with van der Waals surface area (Å²) in [6.45, 7) is 5.89. The molecule has 0 unspecified atom stereocenters. The average molecular weight is 340 g/mol. The molecule has 0 saturated heterocycles. The van der Waals surface area contributed by atoms with Crippen molar-refractivity contribution in [3.05, 3.63) is 70.9 Å². The predicted octanol–water partition coefficient (Wildman–Crippen LogP) is 5.17. The van der Waals surface area contributed by atoms with Crippen molar-refractivity contribution in [2.45, 2.75) is 20.8 Å². The Morgan fingerprint density at radius 1 is 0.720 bits per heavy atom. The van der Waals surface area contributed by atoms with Gasteiger partial charge in [-0.3, -0.25) is 0 Å². The smallest absolute Gasteiger partial charge is 0.229 e. The lowest BCUT2D eigenvalue weighted by Crippen LogP contribution is -2.03. The van der Waals surface area contributed by atoms with Gasteiger partial charge in [0.15, 0.2) is 11.6 Å². The van der Waals surface area contributed by atoms with Crippen LogP contribution >= 0.6 is 0 Å². The quantitative estimate of drug-likeness (QED) is 0.688. The molecule has 2 N–H and O–H groups in total. The van der Waals surface area contributed by atoms with Crippen molar-refractivity contribution >= 4 is 23.1 Å². The first-order valence-electron chi connectivity index (χ1n) is 7.82. The number of hydrogen-bond acceptors (Lipinski definition) is 4. The van der Waals surface area contributed by atoms with Gasteiger partial charge in [-0.25, -0.2) is 13.8 Å². The summed E-state index contributed by atoms with van der Waals surface area (Å²) in [4.78, 5) is 8.67. The third-order valence-electron chi connectivity index (χ3n) is 3.52. The molecule has 0 bridgehead atoms. The van der Waals surface area contributed by atoms with Gasteiger partial charge in [0.1, 0.15) is 5.82 Å². The van der Waals surface area contributed by atoms with Crippen molar-refractivity contribution in [1.82, 2.24) is 9.97 Å². The van der Waals surface area contributed by atoms with Crippen LogP contribution in [0.2, 0.25) is 0 Å². The van der Waals surface area contributed by atoms with Gasteiger partial charge in [-0.15, -0.1) is 0 Å². The van der Waals surface area contributed by atoms with Crippen LogP contribution in [0.15, 0.2) is 42.5 Å². The number of halogens is 2. The minimum absolute atomic E-state index is 0.304. The summed E-state index contributed by atoms with van der Waals surface area (Å²) in [5, 5.41) is 6.14. The fourth-order valence-corrected chi connectivity index (χ4v) is 2.59. The molecule has 0 atom stereocenters. The third kappa shape index (κ3) is 4.29. The van der Waals surface area contributed by atoms with Gasteiger partial charge in [0.2, 0.25) is 5.95 Å². The van der Waals surface area contributed by atoms with Crippen LogP contribution < -0.4 is 10.6 Å². The highest BCUT2D eigenvalue weighted by Gasteiger charge is 2.07. The molecule has 128 valence electrons. The van der Waals surface area contributed by atoms with Crippen molar-refractivity contribution in [3.8, 4) is 0 Å². The first kappa shape index (κ1) is 16.8.